The van der Waals surface area contributed by atoms with Crippen LogP contribution in [0.3, 0.4) is 0 Å². The van der Waals surface area contributed by atoms with Crippen molar-refractivity contribution in [2.45, 2.75) is 12.3 Å². The molecule has 0 aliphatic rings. The molecule has 1 heterocycles. The second-order valence-electron chi connectivity index (χ2n) is 4.48. The number of alkyl halides is 1. The van der Waals surface area contributed by atoms with Gasteiger partial charge in [-0.05, 0) is 31.2 Å². The molecule has 3 aromatic rings. The van der Waals surface area contributed by atoms with Gasteiger partial charge in [0, 0.05) is 0 Å². The average Bonchev–Trinajstić information content (AvgIpc) is 2.78. The van der Waals surface area contributed by atoms with Crippen molar-refractivity contribution in [2.24, 2.45) is 0 Å². The fraction of sp³-hybridized carbons (Fsp3) is 0.133. The smallest absolute Gasteiger partial charge is 0.148 e. The zero-order chi connectivity index (χ0) is 14.3. The van der Waals surface area contributed by atoms with Crippen molar-refractivity contribution in [3.63, 3.8) is 0 Å². The van der Waals surface area contributed by atoms with E-state index in [1.165, 1.54) is 6.07 Å². The van der Waals surface area contributed by atoms with E-state index in [1.807, 2.05) is 24.3 Å². The molecule has 0 N–H and O–H groups in total. The number of rotatable bonds is 2. The Balaban J connectivity index is 2.43. The predicted octanol–water partition coefficient (Wildman–Crippen LogP) is 5.12. The first-order valence-corrected chi connectivity index (χ1v) is 6.97. The Morgan fingerprint density at radius 3 is 2.60 bits per heavy atom. The topological polar surface area (TPSA) is 17.8 Å². The summed E-state index contributed by atoms with van der Waals surface area (Å²) in [6.45, 7) is 1.80. The normalized spacial score (nSPS) is 12.8. The third-order valence-electron chi connectivity index (χ3n) is 3.10. The maximum atomic E-state index is 14.2. The maximum absolute atomic E-state index is 14.2. The number of hydrogen-bond donors (Lipinski definition) is 0. The van der Waals surface area contributed by atoms with Crippen molar-refractivity contribution in [2.75, 3.05) is 0 Å². The molecule has 0 radical (unpaired) electrons. The van der Waals surface area contributed by atoms with Crippen molar-refractivity contribution in [3.05, 3.63) is 59.1 Å². The van der Waals surface area contributed by atoms with Crippen LogP contribution in [0.4, 0.5) is 4.39 Å². The van der Waals surface area contributed by atoms with E-state index in [2.05, 4.69) is 4.98 Å². The minimum absolute atomic E-state index is 0.283. The van der Waals surface area contributed by atoms with Crippen molar-refractivity contribution in [1.29, 1.82) is 0 Å². The highest BCUT2D eigenvalue weighted by atomic mass is 35.5. The number of hydrogen-bond acceptors (Lipinski definition) is 1. The molecule has 1 unspecified atom stereocenters. The molecule has 0 fully saturated rings. The molecule has 1 atom stereocenters. The van der Waals surface area contributed by atoms with E-state index >= 15 is 0 Å². The van der Waals surface area contributed by atoms with Crippen LogP contribution in [0.1, 0.15) is 18.1 Å². The Morgan fingerprint density at radius 1 is 1.15 bits per heavy atom. The summed E-state index contributed by atoms with van der Waals surface area (Å²) in [5, 5.41) is -0.0372. The fourth-order valence-corrected chi connectivity index (χ4v) is 2.64. The lowest BCUT2D eigenvalue weighted by molar-refractivity contribution is 0.616. The van der Waals surface area contributed by atoms with Gasteiger partial charge in [-0.25, -0.2) is 9.37 Å². The van der Waals surface area contributed by atoms with Crippen LogP contribution in [-0.4, -0.2) is 9.55 Å². The summed E-state index contributed by atoms with van der Waals surface area (Å²) in [7, 11) is 0. The van der Waals surface area contributed by atoms with Gasteiger partial charge >= 0.3 is 0 Å². The van der Waals surface area contributed by atoms with Crippen LogP contribution < -0.4 is 0 Å². The van der Waals surface area contributed by atoms with Gasteiger partial charge < -0.3 is 0 Å². The lowest BCUT2D eigenvalue weighted by Gasteiger charge is -2.13. The Labute approximate surface area is 125 Å². The number of nitrogens with zero attached hydrogens (tertiary/aromatic N) is 2. The molecular formula is C15H11Cl2FN2. The minimum atomic E-state index is -0.404. The Kier molecular flexibility index (Phi) is 3.40. The van der Waals surface area contributed by atoms with E-state index in [-0.39, 0.29) is 11.1 Å². The number of halogens is 3. The molecule has 0 aliphatic carbocycles. The fourth-order valence-electron chi connectivity index (χ4n) is 2.25. The summed E-state index contributed by atoms with van der Waals surface area (Å²) in [5.41, 5.74) is 1.82. The summed E-state index contributed by atoms with van der Waals surface area (Å²) < 4.78 is 15.9. The van der Waals surface area contributed by atoms with Crippen LogP contribution >= 0.6 is 23.2 Å². The molecular weight excluding hydrogens is 298 g/mol. The van der Waals surface area contributed by atoms with Gasteiger partial charge in [0.2, 0.25) is 0 Å². The summed E-state index contributed by atoms with van der Waals surface area (Å²) in [6, 6.07) is 12.1. The lowest BCUT2D eigenvalue weighted by Crippen LogP contribution is -2.05. The van der Waals surface area contributed by atoms with Gasteiger partial charge in [-0.15, -0.1) is 11.6 Å². The molecule has 0 aliphatic heterocycles. The molecule has 0 bridgehead atoms. The maximum Gasteiger partial charge on any atom is 0.148 e. The van der Waals surface area contributed by atoms with Gasteiger partial charge in [-0.1, -0.05) is 29.8 Å². The zero-order valence-corrected chi connectivity index (χ0v) is 12.2. The number of aromatic nitrogens is 2. The van der Waals surface area contributed by atoms with E-state index in [1.54, 1.807) is 23.6 Å². The van der Waals surface area contributed by atoms with Crippen molar-refractivity contribution >= 4 is 34.2 Å². The molecule has 2 nitrogen and oxygen atoms in total. The first-order valence-electron chi connectivity index (χ1n) is 6.15. The molecule has 3 rings (SSSR count). The molecule has 0 spiro atoms. The number of fused-ring (bicyclic) bond motifs is 1. The van der Waals surface area contributed by atoms with Crippen LogP contribution in [0.5, 0.6) is 0 Å². The van der Waals surface area contributed by atoms with Gasteiger partial charge in [-0.2, -0.15) is 0 Å². The first kappa shape index (κ1) is 13.4. The van der Waals surface area contributed by atoms with Crippen LogP contribution in [0.25, 0.3) is 16.7 Å². The number of benzene rings is 2. The highest BCUT2D eigenvalue weighted by Gasteiger charge is 2.20. The molecule has 0 amide bonds. The summed E-state index contributed by atoms with van der Waals surface area (Å²) in [5.74, 6) is 0.166. The monoisotopic (exact) mass is 308 g/mol. The Morgan fingerprint density at radius 2 is 1.90 bits per heavy atom. The average molecular weight is 309 g/mol. The number of para-hydroxylation sites is 3. The number of imidazole rings is 1. The highest BCUT2D eigenvalue weighted by molar-refractivity contribution is 6.32. The third kappa shape index (κ3) is 2.07. The largest absolute Gasteiger partial charge is 0.291 e. The van der Waals surface area contributed by atoms with Crippen LogP contribution in [0.15, 0.2) is 42.5 Å². The van der Waals surface area contributed by atoms with Gasteiger partial charge in [0.05, 0.1) is 21.4 Å². The van der Waals surface area contributed by atoms with E-state index in [0.29, 0.717) is 10.8 Å². The van der Waals surface area contributed by atoms with E-state index in [4.69, 9.17) is 23.2 Å². The predicted molar refractivity (Wildman–Crippen MR) is 80.3 cm³/mol. The van der Waals surface area contributed by atoms with Gasteiger partial charge in [0.1, 0.15) is 17.3 Å². The molecule has 5 heteroatoms. The second kappa shape index (κ2) is 5.08. The zero-order valence-electron chi connectivity index (χ0n) is 10.6. The van der Waals surface area contributed by atoms with E-state index in [9.17, 15) is 4.39 Å². The van der Waals surface area contributed by atoms with Crippen molar-refractivity contribution in [3.8, 4) is 5.69 Å². The molecule has 0 saturated carbocycles. The summed E-state index contributed by atoms with van der Waals surface area (Å²) in [6.07, 6.45) is 0. The molecule has 20 heavy (non-hydrogen) atoms. The highest BCUT2D eigenvalue weighted by Crippen LogP contribution is 2.32. The Bertz CT molecular complexity index is 760. The lowest BCUT2D eigenvalue weighted by atomic mass is 10.2. The van der Waals surface area contributed by atoms with Crippen molar-refractivity contribution in [1.82, 2.24) is 9.55 Å². The SMILES string of the molecule is CC(Cl)c1nc2ccccc2n1-c1c(F)cccc1Cl. The minimum Gasteiger partial charge on any atom is -0.291 e. The van der Waals surface area contributed by atoms with Crippen LogP contribution in [0, 0.1) is 5.82 Å². The molecule has 0 saturated heterocycles. The molecule has 102 valence electrons. The standard InChI is InChI=1S/C15H11Cl2FN2/c1-9(16)15-19-12-7-2-3-8-13(12)20(15)14-10(17)5-4-6-11(14)18/h2-9H,1H3. The summed E-state index contributed by atoms with van der Waals surface area (Å²) in [4.78, 5) is 4.48. The van der Waals surface area contributed by atoms with E-state index in [0.717, 1.165) is 11.0 Å². The van der Waals surface area contributed by atoms with Gasteiger partial charge in [0.15, 0.2) is 0 Å². The summed E-state index contributed by atoms with van der Waals surface area (Å²) >= 11 is 12.4. The Hall–Kier alpha value is -1.58. The first-order chi connectivity index (χ1) is 9.59. The quantitative estimate of drug-likeness (QED) is 0.601. The van der Waals surface area contributed by atoms with Crippen LogP contribution in [-0.2, 0) is 0 Å². The van der Waals surface area contributed by atoms with Crippen molar-refractivity contribution < 1.29 is 4.39 Å². The van der Waals surface area contributed by atoms with Gasteiger partial charge in [0.25, 0.3) is 0 Å². The van der Waals surface area contributed by atoms with E-state index < -0.39 is 5.82 Å². The third-order valence-corrected chi connectivity index (χ3v) is 3.60. The second-order valence-corrected chi connectivity index (χ2v) is 5.54. The van der Waals surface area contributed by atoms with Gasteiger partial charge in [-0.3, -0.25) is 4.57 Å². The van der Waals surface area contributed by atoms with Crippen LogP contribution in [0.2, 0.25) is 5.02 Å². The molecule has 2 aromatic carbocycles. The molecule has 1 aromatic heterocycles.